The van der Waals surface area contributed by atoms with E-state index in [9.17, 15) is 4.79 Å². The number of hydrogen-bond acceptors (Lipinski definition) is 4. The van der Waals surface area contributed by atoms with Crippen molar-refractivity contribution < 1.29 is 9.53 Å². The lowest BCUT2D eigenvalue weighted by atomic mass is 10.2. The molecule has 1 aromatic rings. The molecule has 0 aliphatic heterocycles. The number of thiophene rings is 1. The first kappa shape index (κ1) is 11.7. The Labute approximate surface area is 95.6 Å². The van der Waals surface area contributed by atoms with Crippen LogP contribution in [-0.4, -0.2) is 20.1 Å². The number of hydrogen-bond donors (Lipinski definition) is 1. The van der Waals surface area contributed by atoms with Gasteiger partial charge < -0.3 is 10.1 Å². The average Bonchev–Trinajstić information content (AvgIpc) is 2.60. The van der Waals surface area contributed by atoms with Crippen LogP contribution < -0.4 is 5.32 Å². The van der Waals surface area contributed by atoms with Crippen LogP contribution >= 0.6 is 27.3 Å². The summed E-state index contributed by atoms with van der Waals surface area (Å²) in [7, 11) is 3.24. The SMILES string of the molecule is CNC(CC(=O)OC)c1ccc(Br)s1. The lowest BCUT2D eigenvalue weighted by Gasteiger charge is -2.12. The summed E-state index contributed by atoms with van der Waals surface area (Å²) in [6, 6.07) is 4.01. The molecule has 14 heavy (non-hydrogen) atoms. The largest absolute Gasteiger partial charge is 0.469 e. The third kappa shape index (κ3) is 3.08. The molecule has 1 atom stereocenters. The molecule has 3 nitrogen and oxygen atoms in total. The zero-order valence-electron chi connectivity index (χ0n) is 8.04. The van der Waals surface area contributed by atoms with E-state index in [0.29, 0.717) is 6.42 Å². The van der Waals surface area contributed by atoms with E-state index in [1.54, 1.807) is 11.3 Å². The molecule has 0 aliphatic carbocycles. The third-order valence-corrected chi connectivity index (χ3v) is 3.62. The fourth-order valence-electron chi connectivity index (χ4n) is 1.11. The lowest BCUT2D eigenvalue weighted by Crippen LogP contribution is -2.19. The van der Waals surface area contributed by atoms with Crippen LogP contribution in [0.4, 0.5) is 0 Å². The van der Waals surface area contributed by atoms with E-state index in [1.165, 1.54) is 7.11 Å². The van der Waals surface area contributed by atoms with Crippen molar-refractivity contribution in [2.24, 2.45) is 0 Å². The highest BCUT2D eigenvalue weighted by Gasteiger charge is 2.15. The van der Waals surface area contributed by atoms with E-state index in [4.69, 9.17) is 0 Å². The predicted octanol–water partition coefficient (Wildman–Crippen LogP) is 2.33. The van der Waals surface area contributed by atoms with Gasteiger partial charge in [0.1, 0.15) is 0 Å². The minimum atomic E-state index is -0.200. The molecule has 0 fully saturated rings. The predicted molar refractivity (Wildman–Crippen MR) is 60.5 cm³/mol. The number of methoxy groups -OCH3 is 1. The van der Waals surface area contributed by atoms with Crippen LogP contribution in [0.1, 0.15) is 17.3 Å². The second-order valence-electron chi connectivity index (χ2n) is 2.76. The number of nitrogens with one attached hydrogen (secondary N) is 1. The van der Waals surface area contributed by atoms with Crippen molar-refractivity contribution in [2.45, 2.75) is 12.5 Å². The van der Waals surface area contributed by atoms with Gasteiger partial charge in [-0.15, -0.1) is 11.3 Å². The van der Waals surface area contributed by atoms with Gasteiger partial charge in [0.2, 0.25) is 0 Å². The Bertz CT molecular complexity index is 314. The summed E-state index contributed by atoms with van der Waals surface area (Å²) < 4.78 is 5.69. The van der Waals surface area contributed by atoms with Gasteiger partial charge in [-0.2, -0.15) is 0 Å². The highest BCUT2D eigenvalue weighted by Crippen LogP contribution is 2.28. The lowest BCUT2D eigenvalue weighted by molar-refractivity contribution is -0.141. The van der Waals surface area contributed by atoms with Crippen molar-refractivity contribution in [3.8, 4) is 0 Å². The van der Waals surface area contributed by atoms with Gasteiger partial charge in [-0.25, -0.2) is 0 Å². The molecule has 1 heterocycles. The van der Waals surface area contributed by atoms with Crippen molar-refractivity contribution >= 4 is 33.2 Å². The van der Waals surface area contributed by atoms with Gasteiger partial charge in [0.25, 0.3) is 0 Å². The number of carbonyl (C=O) groups is 1. The maximum absolute atomic E-state index is 11.1. The molecule has 1 aromatic heterocycles. The van der Waals surface area contributed by atoms with Gasteiger partial charge in [-0.1, -0.05) is 0 Å². The van der Waals surface area contributed by atoms with Crippen LogP contribution in [0, 0.1) is 0 Å². The van der Waals surface area contributed by atoms with Gasteiger partial charge in [0.15, 0.2) is 0 Å². The fraction of sp³-hybridized carbons (Fsp3) is 0.444. The monoisotopic (exact) mass is 277 g/mol. The van der Waals surface area contributed by atoms with Gasteiger partial charge in [-0.05, 0) is 35.1 Å². The number of carbonyl (C=O) groups excluding carboxylic acids is 1. The molecule has 0 amide bonds. The minimum absolute atomic E-state index is 0.0405. The highest BCUT2D eigenvalue weighted by molar-refractivity contribution is 9.11. The normalized spacial score (nSPS) is 12.5. The second-order valence-corrected chi connectivity index (χ2v) is 5.26. The van der Waals surface area contributed by atoms with E-state index < -0.39 is 0 Å². The van der Waals surface area contributed by atoms with Crippen molar-refractivity contribution in [2.75, 3.05) is 14.2 Å². The zero-order chi connectivity index (χ0) is 10.6. The zero-order valence-corrected chi connectivity index (χ0v) is 10.4. The Morgan fingerprint density at radius 2 is 2.43 bits per heavy atom. The molecule has 1 unspecified atom stereocenters. The quantitative estimate of drug-likeness (QED) is 0.859. The Morgan fingerprint density at radius 3 is 2.86 bits per heavy atom. The topological polar surface area (TPSA) is 38.3 Å². The summed E-state index contributed by atoms with van der Waals surface area (Å²) in [6.45, 7) is 0. The first-order valence-electron chi connectivity index (χ1n) is 4.16. The summed E-state index contributed by atoms with van der Waals surface area (Å²) in [5.41, 5.74) is 0. The van der Waals surface area contributed by atoms with Crippen molar-refractivity contribution in [1.29, 1.82) is 0 Å². The summed E-state index contributed by atoms with van der Waals surface area (Å²) in [5, 5.41) is 3.09. The van der Waals surface area contributed by atoms with E-state index in [0.717, 1.165) is 8.66 Å². The van der Waals surface area contributed by atoms with E-state index >= 15 is 0 Å². The average molecular weight is 278 g/mol. The standard InChI is InChI=1S/C9H12BrNO2S/c1-11-6(5-9(12)13-2)7-3-4-8(10)14-7/h3-4,6,11H,5H2,1-2H3. The third-order valence-electron chi connectivity index (χ3n) is 1.88. The molecule has 0 spiro atoms. The Balaban J connectivity index is 2.67. The molecule has 1 N–H and O–H groups in total. The molecular formula is C9H12BrNO2S. The first-order valence-corrected chi connectivity index (χ1v) is 5.77. The molecule has 0 saturated heterocycles. The molecule has 0 saturated carbocycles. The minimum Gasteiger partial charge on any atom is -0.469 e. The van der Waals surface area contributed by atoms with Gasteiger partial charge in [0, 0.05) is 4.88 Å². The fourth-order valence-corrected chi connectivity index (χ4v) is 2.64. The first-order chi connectivity index (χ1) is 6.67. The van der Waals surface area contributed by atoms with Crippen molar-refractivity contribution in [3.63, 3.8) is 0 Å². The number of halogens is 1. The summed E-state index contributed by atoms with van der Waals surface area (Å²) >= 11 is 5.01. The van der Waals surface area contributed by atoms with E-state index in [-0.39, 0.29) is 12.0 Å². The summed E-state index contributed by atoms with van der Waals surface area (Å²) in [5.74, 6) is -0.200. The summed E-state index contributed by atoms with van der Waals surface area (Å²) in [6.07, 6.45) is 0.361. The van der Waals surface area contributed by atoms with E-state index in [1.807, 2.05) is 19.2 Å². The number of rotatable bonds is 4. The molecule has 0 radical (unpaired) electrons. The van der Waals surface area contributed by atoms with E-state index in [2.05, 4.69) is 26.0 Å². The molecular weight excluding hydrogens is 266 g/mol. The van der Waals surface area contributed by atoms with Crippen molar-refractivity contribution in [1.82, 2.24) is 5.32 Å². The Morgan fingerprint density at radius 1 is 1.71 bits per heavy atom. The maximum Gasteiger partial charge on any atom is 0.307 e. The molecule has 0 aromatic carbocycles. The van der Waals surface area contributed by atoms with Crippen LogP contribution in [0.15, 0.2) is 15.9 Å². The van der Waals surface area contributed by atoms with Gasteiger partial charge in [0.05, 0.1) is 23.4 Å². The molecule has 78 valence electrons. The highest BCUT2D eigenvalue weighted by atomic mass is 79.9. The second kappa shape index (κ2) is 5.48. The van der Waals surface area contributed by atoms with Crippen molar-refractivity contribution in [3.05, 3.63) is 20.8 Å². The maximum atomic E-state index is 11.1. The smallest absolute Gasteiger partial charge is 0.307 e. The Kier molecular flexibility index (Phi) is 4.57. The molecule has 5 heteroatoms. The Hall–Kier alpha value is -0.390. The van der Waals surface area contributed by atoms with Crippen LogP contribution in [0.5, 0.6) is 0 Å². The number of ether oxygens (including phenoxy) is 1. The molecule has 0 aliphatic rings. The van der Waals surface area contributed by atoms with Crippen LogP contribution in [0.25, 0.3) is 0 Å². The van der Waals surface area contributed by atoms with Gasteiger partial charge >= 0.3 is 5.97 Å². The van der Waals surface area contributed by atoms with Crippen LogP contribution in [0.2, 0.25) is 0 Å². The summed E-state index contributed by atoms with van der Waals surface area (Å²) in [4.78, 5) is 12.2. The van der Waals surface area contributed by atoms with Gasteiger partial charge in [-0.3, -0.25) is 4.79 Å². The molecule has 1 rings (SSSR count). The molecule has 0 bridgehead atoms. The van der Waals surface area contributed by atoms with Crippen LogP contribution in [0.3, 0.4) is 0 Å². The number of esters is 1. The van der Waals surface area contributed by atoms with Crippen LogP contribution in [-0.2, 0) is 9.53 Å².